The van der Waals surface area contributed by atoms with E-state index >= 15 is 0 Å². The van der Waals surface area contributed by atoms with Crippen molar-refractivity contribution in [2.24, 2.45) is 0 Å². The highest BCUT2D eigenvalue weighted by molar-refractivity contribution is 7.80. The molecule has 0 bridgehead atoms. The molecule has 1 aromatic rings. The number of rotatable bonds is 2. The molecule has 0 aromatic heterocycles. The van der Waals surface area contributed by atoms with Crippen LogP contribution in [0.3, 0.4) is 0 Å². The zero-order chi connectivity index (χ0) is 8.97. The van der Waals surface area contributed by atoms with Gasteiger partial charge in [0.25, 0.3) is 0 Å². The van der Waals surface area contributed by atoms with E-state index < -0.39 is 0 Å². The minimum absolute atomic E-state index is 0.766. The molecule has 0 saturated heterocycles. The van der Waals surface area contributed by atoms with Crippen LogP contribution in [0.25, 0.3) is 6.08 Å². The third-order valence-electron chi connectivity index (χ3n) is 1.63. The molecule has 2 heteroatoms. The van der Waals surface area contributed by atoms with E-state index in [1.54, 1.807) is 0 Å². The highest BCUT2D eigenvalue weighted by Gasteiger charge is 1.93. The van der Waals surface area contributed by atoms with E-state index in [4.69, 9.17) is 11.6 Å². The van der Waals surface area contributed by atoms with Gasteiger partial charge in [0.15, 0.2) is 0 Å². The third-order valence-corrected chi connectivity index (χ3v) is 2.08. The molecule has 0 unspecified atom stereocenters. The molecule has 0 aliphatic heterocycles. The van der Waals surface area contributed by atoms with Crippen molar-refractivity contribution in [3.63, 3.8) is 0 Å². The summed E-state index contributed by atoms with van der Waals surface area (Å²) in [5, 5.41) is 0.788. The van der Waals surface area contributed by atoms with Gasteiger partial charge in [-0.3, -0.25) is 0 Å². The molecule has 0 saturated carbocycles. The first kappa shape index (κ1) is 9.69. The van der Waals surface area contributed by atoms with Crippen LogP contribution >= 0.6 is 24.2 Å². The summed E-state index contributed by atoms with van der Waals surface area (Å²) < 4.78 is 0. The van der Waals surface area contributed by atoms with Crippen LogP contribution in [0.1, 0.15) is 11.1 Å². The number of hydrogen-bond acceptors (Lipinski definition) is 1. The van der Waals surface area contributed by atoms with Crippen molar-refractivity contribution in [2.75, 3.05) is 5.75 Å². The highest BCUT2D eigenvalue weighted by atomic mass is 35.5. The second-order valence-corrected chi connectivity index (χ2v) is 3.39. The van der Waals surface area contributed by atoms with E-state index in [0.717, 1.165) is 10.8 Å². The van der Waals surface area contributed by atoms with Crippen LogP contribution in [-0.2, 0) is 0 Å². The number of aryl methyl sites for hydroxylation is 1. The Morgan fingerprint density at radius 3 is 2.83 bits per heavy atom. The summed E-state index contributed by atoms with van der Waals surface area (Å²) in [5.41, 5.74) is 2.40. The van der Waals surface area contributed by atoms with Gasteiger partial charge in [0.05, 0.1) is 0 Å². The van der Waals surface area contributed by atoms with Gasteiger partial charge >= 0.3 is 0 Å². The van der Waals surface area contributed by atoms with Gasteiger partial charge in [-0.25, -0.2) is 0 Å². The Bertz CT molecular complexity index is 292. The quantitative estimate of drug-likeness (QED) is 0.690. The van der Waals surface area contributed by atoms with E-state index in [1.165, 1.54) is 11.1 Å². The van der Waals surface area contributed by atoms with Crippen LogP contribution in [0.2, 0.25) is 5.02 Å². The van der Waals surface area contributed by atoms with E-state index in [2.05, 4.69) is 18.7 Å². The Hall–Kier alpha value is -0.400. The number of halogens is 1. The lowest BCUT2D eigenvalue weighted by Crippen LogP contribution is -1.79. The Kier molecular flexibility index (Phi) is 3.70. The van der Waals surface area contributed by atoms with E-state index in [9.17, 15) is 0 Å². The van der Waals surface area contributed by atoms with Gasteiger partial charge in [-0.2, -0.15) is 12.6 Å². The second kappa shape index (κ2) is 4.58. The number of hydrogen-bond donors (Lipinski definition) is 1. The zero-order valence-electron chi connectivity index (χ0n) is 6.92. The van der Waals surface area contributed by atoms with Crippen molar-refractivity contribution >= 4 is 30.3 Å². The molecule has 0 fully saturated rings. The summed E-state index contributed by atoms with van der Waals surface area (Å²) in [4.78, 5) is 0. The Labute approximate surface area is 83.7 Å². The van der Waals surface area contributed by atoms with Crippen molar-refractivity contribution in [1.82, 2.24) is 0 Å². The maximum Gasteiger partial charge on any atom is 0.0409 e. The van der Waals surface area contributed by atoms with Gasteiger partial charge in [0, 0.05) is 10.8 Å². The molecule has 0 heterocycles. The predicted molar refractivity (Wildman–Crippen MR) is 59.1 cm³/mol. The Morgan fingerprint density at radius 2 is 2.25 bits per heavy atom. The summed E-state index contributed by atoms with van der Waals surface area (Å²) in [6, 6.07) is 5.87. The van der Waals surface area contributed by atoms with E-state index in [1.807, 2.05) is 31.2 Å². The van der Waals surface area contributed by atoms with Crippen molar-refractivity contribution < 1.29 is 0 Å². The zero-order valence-corrected chi connectivity index (χ0v) is 8.57. The van der Waals surface area contributed by atoms with Gasteiger partial charge in [-0.1, -0.05) is 29.8 Å². The number of thiol groups is 1. The normalized spacial score (nSPS) is 10.9. The molecule has 0 aliphatic carbocycles. The smallest absolute Gasteiger partial charge is 0.0409 e. The maximum absolute atomic E-state index is 5.81. The maximum atomic E-state index is 5.81. The molecule has 0 amide bonds. The lowest BCUT2D eigenvalue weighted by molar-refractivity contribution is 1.44. The average molecular weight is 199 g/mol. The van der Waals surface area contributed by atoms with Crippen LogP contribution in [-0.4, -0.2) is 5.75 Å². The van der Waals surface area contributed by atoms with Gasteiger partial charge in [0.1, 0.15) is 0 Å². The molecule has 12 heavy (non-hydrogen) atoms. The SMILES string of the molecule is Cc1cc(Cl)ccc1C=CCS. The summed E-state index contributed by atoms with van der Waals surface area (Å²) >= 11 is 9.90. The highest BCUT2D eigenvalue weighted by Crippen LogP contribution is 2.16. The van der Waals surface area contributed by atoms with Crippen molar-refractivity contribution in [3.8, 4) is 0 Å². The molecule has 0 spiro atoms. The summed E-state index contributed by atoms with van der Waals surface area (Å²) in [6.07, 6.45) is 4.07. The summed E-state index contributed by atoms with van der Waals surface area (Å²) in [5.74, 6) is 0.766. The minimum Gasteiger partial charge on any atom is -0.175 e. The van der Waals surface area contributed by atoms with Gasteiger partial charge in [0.2, 0.25) is 0 Å². The fourth-order valence-electron chi connectivity index (χ4n) is 1.01. The first-order chi connectivity index (χ1) is 5.74. The predicted octanol–water partition coefficient (Wildman–Crippen LogP) is 3.59. The summed E-state index contributed by atoms with van der Waals surface area (Å²) in [6.45, 7) is 2.05. The summed E-state index contributed by atoms with van der Waals surface area (Å²) in [7, 11) is 0. The fourth-order valence-corrected chi connectivity index (χ4v) is 1.34. The molecular weight excluding hydrogens is 188 g/mol. The average Bonchev–Trinajstić information content (AvgIpc) is 2.03. The fraction of sp³-hybridized carbons (Fsp3) is 0.200. The Balaban J connectivity index is 2.94. The van der Waals surface area contributed by atoms with Crippen LogP contribution in [0.4, 0.5) is 0 Å². The van der Waals surface area contributed by atoms with E-state index in [0.29, 0.717) is 0 Å². The Morgan fingerprint density at radius 1 is 1.50 bits per heavy atom. The van der Waals surface area contributed by atoms with Crippen molar-refractivity contribution in [1.29, 1.82) is 0 Å². The molecule has 0 radical (unpaired) electrons. The molecule has 0 atom stereocenters. The van der Waals surface area contributed by atoms with Crippen LogP contribution in [0.5, 0.6) is 0 Å². The van der Waals surface area contributed by atoms with Gasteiger partial charge in [-0.05, 0) is 30.2 Å². The topological polar surface area (TPSA) is 0 Å². The van der Waals surface area contributed by atoms with Crippen LogP contribution in [0, 0.1) is 6.92 Å². The molecule has 1 rings (SSSR count). The molecule has 64 valence electrons. The van der Waals surface area contributed by atoms with E-state index in [-0.39, 0.29) is 0 Å². The molecular formula is C10H11ClS. The van der Waals surface area contributed by atoms with Gasteiger partial charge in [-0.15, -0.1) is 0 Å². The molecule has 0 nitrogen and oxygen atoms in total. The lowest BCUT2D eigenvalue weighted by atomic mass is 10.1. The minimum atomic E-state index is 0.766. The van der Waals surface area contributed by atoms with Crippen molar-refractivity contribution in [3.05, 3.63) is 40.4 Å². The first-order valence-corrected chi connectivity index (χ1v) is 4.78. The lowest BCUT2D eigenvalue weighted by Gasteiger charge is -1.99. The van der Waals surface area contributed by atoms with Crippen LogP contribution < -0.4 is 0 Å². The third kappa shape index (κ3) is 2.58. The van der Waals surface area contributed by atoms with Crippen molar-refractivity contribution in [2.45, 2.75) is 6.92 Å². The first-order valence-electron chi connectivity index (χ1n) is 3.77. The molecule has 1 aromatic carbocycles. The monoisotopic (exact) mass is 198 g/mol. The molecule has 0 N–H and O–H groups in total. The molecule has 0 aliphatic rings. The largest absolute Gasteiger partial charge is 0.175 e. The van der Waals surface area contributed by atoms with Crippen LogP contribution in [0.15, 0.2) is 24.3 Å². The second-order valence-electron chi connectivity index (χ2n) is 2.59. The standard InChI is InChI=1S/C10H11ClS/c1-8-7-10(11)5-4-9(8)3-2-6-12/h2-5,7,12H,6H2,1H3. The number of benzene rings is 1. The van der Waals surface area contributed by atoms with Gasteiger partial charge < -0.3 is 0 Å².